The van der Waals surface area contributed by atoms with Gasteiger partial charge in [0.25, 0.3) is 10.0 Å². The van der Waals surface area contributed by atoms with Crippen molar-refractivity contribution in [1.82, 2.24) is 13.9 Å². The predicted octanol–water partition coefficient (Wildman–Crippen LogP) is 4.88. The van der Waals surface area contributed by atoms with Crippen LogP contribution in [-0.2, 0) is 21.3 Å². The van der Waals surface area contributed by atoms with Gasteiger partial charge in [-0.1, -0.05) is 48.5 Å². The summed E-state index contributed by atoms with van der Waals surface area (Å²) < 4.78 is 34.5. The first-order valence-electron chi connectivity index (χ1n) is 13.2. The Balaban J connectivity index is 1.35. The number of piperidine rings is 1. The summed E-state index contributed by atoms with van der Waals surface area (Å²) in [7, 11) is -3.78. The van der Waals surface area contributed by atoms with E-state index >= 15 is 0 Å². The maximum Gasteiger partial charge on any atom is 0.269 e. The van der Waals surface area contributed by atoms with Crippen LogP contribution in [0, 0.1) is 0 Å². The molecule has 2 aliphatic heterocycles. The van der Waals surface area contributed by atoms with E-state index in [1.54, 1.807) is 42.7 Å². The molecule has 9 heteroatoms. The number of likely N-dealkylation sites (tertiary alicyclic amines) is 1. The van der Waals surface area contributed by atoms with Gasteiger partial charge in [0.2, 0.25) is 5.85 Å². The molecular formula is C29H33N5O3S. The molecule has 0 saturated carbocycles. The molecule has 2 aromatic heterocycles. The molecule has 8 nitrogen and oxygen atoms in total. The molecule has 0 amide bonds. The number of anilines is 2. The summed E-state index contributed by atoms with van der Waals surface area (Å²) >= 11 is 0. The highest BCUT2D eigenvalue weighted by molar-refractivity contribution is 7.90. The second-order valence-electron chi connectivity index (χ2n) is 10.1. The lowest BCUT2D eigenvalue weighted by molar-refractivity contribution is -0.00992. The molecule has 0 radical (unpaired) electrons. The van der Waals surface area contributed by atoms with Crippen LogP contribution in [-0.4, -0.2) is 53.9 Å². The van der Waals surface area contributed by atoms with Gasteiger partial charge < -0.3 is 15.0 Å². The van der Waals surface area contributed by atoms with E-state index in [1.165, 1.54) is 9.54 Å². The molecule has 0 aliphatic carbocycles. The normalized spacial score (nSPS) is 20.5. The number of hydrogen-bond donors (Lipinski definition) is 1. The molecule has 198 valence electrons. The molecule has 4 heterocycles. The molecule has 2 aliphatic rings. The van der Waals surface area contributed by atoms with Gasteiger partial charge in [0.1, 0.15) is 0 Å². The first-order valence-corrected chi connectivity index (χ1v) is 14.6. The van der Waals surface area contributed by atoms with Crippen molar-refractivity contribution >= 4 is 32.4 Å². The van der Waals surface area contributed by atoms with Crippen LogP contribution in [0.5, 0.6) is 0 Å². The molecular weight excluding hydrogens is 498 g/mol. The van der Waals surface area contributed by atoms with Crippen molar-refractivity contribution < 1.29 is 13.2 Å². The van der Waals surface area contributed by atoms with E-state index in [1.807, 2.05) is 13.0 Å². The van der Waals surface area contributed by atoms with Crippen molar-refractivity contribution in [3.8, 4) is 0 Å². The zero-order valence-electron chi connectivity index (χ0n) is 21.7. The molecule has 6 rings (SSSR count). The van der Waals surface area contributed by atoms with Crippen molar-refractivity contribution in [2.45, 2.75) is 50.0 Å². The predicted molar refractivity (Wildman–Crippen MR) is 150 cm³/mol. The van der Waals surface area contributed by atoms with Gasteiger partial charge in [-0.25, -0.2) is 17.4 Å². The maximum atomic E-state index is 13.5. The SMILES string of the molecule is CCOC1(C)Nc2cnc3c(ccn3S(=O)(=O)c3ccccc3)c2N1C1CCN(Cc2ccccc2)CC1. The summed E-state index contributed by atoms with van der Waals surface area (Å²) in [6.45, 7) is 7.49. The average Bonchev–Trinajstić information content (AvgIpc) is 3.49. The summed E-state index contributed by atoms with van der Waals surface area (Å²) in [6.07, 6.45) is 5.29. The van der Waals surface area contributed by atoms with Crippen LogP contribution < -0.4 is 10.2 Å². The molecule has 38 heavy (non-hydrogen) atoms. The highest BCUT2D eigenvalue weighted by atomic mass is 32.2. The minimum absolute atomic E-state index is 0.229. The van der Waals surface area contributed by atoms with Gasteiger partial charge in [-0.15, -0.1) is 0 Å². The Bertz CT molecular complexity index is 1530. The van der Waals surface area contributed by atoms with E-state index in [0.29, 0.717) is 12.3 Å². The van der Waals surface area contributed by atoms with Gasteiger partial charge in [-0.2, -0.15) is 0 Å². The summed E-state index contributed by atoms with van der Waals surface area (Å²) in [6, 6.07) is 21.2. The topological polar surface area (TPSA) is 79.7 Å². The summed E-state index contributed by atoms with van der Waals surface area (Å²) in [5.41, 5.74) is 3.55. The number of aromatic nitrogens is 2. The van der Waals surface area contributed by atoms with Gasteiger partial charge in [0.05, 0.1) is 22.5 Å². The molecule has 1 atom stereocenters. The van der Waals surface area contributed by atoms with Crippen LogP contribution in [0.4, 0.5) is 11.4 Å². The van der Waals surface area contributed by atoms with Crippen molar-refractivity contribution in [3.63, 3.8) is 0 Å². The summed E-state index contributed by atoms with van der Waals surface area (Å²) in [5.74, 6) is -0.750. The molecule has 0 bridgehead atoms. The Hall–Kier alpha value is -3.40. The minimum Gasteiger partial charge on any atom is -0.339 e. The Morgan fingerprint density at radius 2 is 1.71 bits per heavy atom. The fourth-order valence-electron chi connectivity index (χ4n) is 5.92. The number of hydrogen-bond acceptors (Lipinski definition) is 7. The minimum atomic E-state index is -3.78. The quantitative estimate of drug-likeness (QED) is 0.364. The van der Waals surface area contributed by atoms with E-state index in [4.69, 9.17) is 4.74 Å². The molecule has 1 saturated heterocycles. The van der Waals surface area contributed by atoms with E-state index in [2.05, 4.69) is 57.4 Å². The van der Waals surface area contributed by atoms with Crippen LogP contribution >= 0.6 is 0 Å². The molecule has 1 N–H and O–H groups in total. The Morgan fingerprint density at radius 1 is 1.03 bits per heavy atom. The van der Waals surface area contributed by atoms with Gasteiger partial charge in [-0.05, 0) is 43.5 Å². The smallest absolute Gasteiger partial charge is 0.269 e. The van der Waals surface area contributed by atoms with Gasteiger partial charge in [0, 0.05) is 50.8 Å². The highest BCUT2D eigenvalue weighted by Gasteiger charge is 2.46. The van der Waals surface area contributed by atoms with E-state index < -0.39 is 15.9 Å². The maximum absolute atomic E-state index is 13.5. The lowest BCUT2D eigenvalue weighted by Crippen LogP contribution is -2.57. The Morgan fingerprint density at radius 3 is 2.39 bits per heavy atom. The largest absolute Gasteiger partial charge is 0.339 e. The Labute approximate surface area is 223 Å². The highest BCUT2D eigenvalue weighted by Crippen LogP contribution is 2.47. The van der Waals surface area contributed by atoms with E-state index in [0.717, 1.165) is 49.2 Å². The molecule has 4 aromatic rings. The monoisotopic (exact) mass is 531 g/mol. The standard InChI is InChI=1S/C29H33N5O3S/c1-3-37-29(2)31-26-20-30-28-25(16-19-33(28)38(35,36)24-12-8-5-9-13-24)27(26)34(29)23-14-17-32(18-15-23)21-22-10-6-4-7-11-22/h4-13,16,19-20,23,31H,3,14-15,17-18,21H2,1-2H3. The number of ether oxygens (including phenoxy) is 1. The van der Waals surface area contributed by atoms with Crippen LogP contribution in [0.15, 0.2) is 84.0 Å². The molecule has 0 spiro atoms. The Kier molecular flexibility index (Phi) is 6.37. The zero-order chi connectivity index (χ0) is 26.3. The average molecular weight is 532 g/mol. The third-order valence-electron chi connectivity index (χ3n) is 7.62. The van der Waals surface area contributed by atoms with Crippen LogP contribution in [0.1, 0.15) is 32.3 Å². The second kappa shape index (κ2) is 9.72. The van der Waals surface area contributed by atoms with Crippen LogP contribution in [0.25, 0.3) is 11.0 Å². The first kappa shape index (κ1) is 24.9. The lowest BCUT2D eigenvalue weighted by atomic mass is 10.0. The first-order chi connectivity index (χ1) is 18.4. The van der Waals surface area contributed by atoms with Crippen LogP contribution in [0.2, 0.25) is 0 Å². The molecule has 1 unspecified atom stereocenters. The van der Waals surface area contributed by atoms with Crippen molar-refractivity contribution in [2.24, 2.45) is 0 Å². The van der Waals surface area contributed by atoms with Crippen molar-refractivity contribution in [1.29, 1.82) is 0 Å². The number of fused-ring (bicyclic) bond motifs is 3. The third kappa shape index (κ3) is 4.24. The number of rotatable bonds is 7. The van der Waals surface area contributed by atoms with Gasteiger partial charge in [0.15, 0.2) is 5.65 Å². The number of nitrogens with zero attached hydrogens (tertiary/aromatic N) is 4. The second-order valence-corrected chi connectivity index (χ2v) is 11.9. The molecule has 2 aromatic carbocycles. The number of benzene rings is 2. The lowest BCUT2D eigenvalue weighted by Gasteiger charge is -2.45. The summed E-state index contributed by atoms with van der Waals surface area (Å²) in [4.78, 5) is 9.66. The fraction of sp³-hybridized carbons (Fsp3) is 0.345. The molecule has 1 fully saturated rings. The van der Waals surface area contributed by atoms with Crippen molar-refractivity contribution in [3.05, 3.63) is 84.7 Å². The van der Waals surface area contributed by atoms with E-state index in [-0.39, 0.29) is 10.9 Å². The summed E-state index contributed by atoms with van der Waals surface area (Å²) in [5, 5.41) is 4.35. The van der Waals surface area contributed by atoms with Crippen molar-refractivity contribution in [2.75, 3.05) is 29.9 Å². The van der Waals surface area contributed by atoms with Gasteiger partial charge >= 0.3 is 0 Å². The van der Waals surface area contributed by atoms with Crippen LogP contribution in [0.3, 0.4) is 0 Å². The van der Waals surface area contributed by atoms with Gasteiger partial charge in [-0.3, -0.25) is 4.90 Å². The number of pyridine rings is 1. The fourth-order valence-corrected chi connectivity index (χ4v) is 7.24. The van der Waals surface area contributed by atoms with E-state index in [9.17, 15) is 8.42 Å². The third-order valence-corrected chi connectivity index (χ3v) is 9.30. The number of nitrogens with one attached hydrogen (secondary N) is 1. The zero-order valence-corrected chi connectivity index (χ0v) is 22.6.